The summed E-state index contributed by atoms with van der Waals surface area (Å²) < 4.78 is 5.69. The summed E-state index contributed by atoms with van der Waals surface area (Å²) in [5, 5.41) is 11.8. The summed E-state index contributed by atoms with van der Waals surface area (Å²) in [6.45, 7) is 5.79. The average Bonchev–Trinajstić information content (AvgIpc) is 2.38. The largest absolute Gasteiger partial charge is 0.492 e. The zero-order valence-corrected chi connectivity index (χ0v) is 11.3. The van der Waals surface area contributed by atoms with Crippen molar-refractivity contribution in [3.05, 3.63) is 29.8 Å². The highest BCUT2D eigenvalue weighted by Gasteiger charge is 2.01. The standard InChI is InChI=1S/C15H22N2O/c1-13-6-8-15(9-7-13)18-12-14(2)17-11-5-3-4-10-16/h6-9,14,17H,3-5,11-12H2,1-2H3. The van der Waals surface area contributed by atoms with Crippen molar-refractivity contribution in [1.29, 1.82) is 5.26 Å². The molecule has 0 fully saturated rings. The number of hydrogen-bond acceptors (Lipinski definition) is 3. The van der Waals surface area contributed by atoms with E-state index in [2.05, 4.69) is 37.4 Å². The van der Waals surface area contributed by atoms with E-state index in [1.165, 1.54) is 5.56 Å². The van der Waals surface area contributed by atoms with E-state index in [1.807, 2.05) is 12.1 Å². The van der Waals surface area contributed by atoms with Crippen LogP contribution >= 0.6 is 0 Å². The quantitative estimate of drug-likeness (QED) is 0.717. The van der Waals surface area contributed by atoms with E-state index in [0.29, 0.717) is 19.1 Å². The molecule has 0 aliphatic heterocycles. The van der Waals surface area contributed by atoms with Gasteiger partial charge in [-0.05, 0) is 45.4 Å². The SMILES string of the molecule is Cc1ccc(OCC(C)NCCCCC#N)cc1. The Morgan fingerprint density at radius 1 is 1.28 bits per heavy atom. The Morgan fingerprint density at radius 3 is 2.67 bits per heavy atom. The third kappa shape index (κ3) is 6.27. The first kappa shape index (κ1) is 14.5. The van der Waals surface area contributed by atoms with Gasteiger partial charge in [-0.25, -0.2) is 0 Å². The number of ether oxygens (including phenoxy) is 1. The van der Waals surface area contributed by atoms with Gasteiger partial charge in [0.1, 0.15) is 12.4 Å². The molecule has 1 N–H and O–H groups in total. The van der Waals surface area contributed by atoms with Gasteiger partial charge in [-0.1, -0.05) is 17.7 Å². The molecule has 0 aliphatic rings. The van der Waals surface area contributed by atoms with E-state index in [1.54, 1.807) is 0 Å². The smallest absolute Gasteiger partial charge is 0.119 e. The monoisotopic (exact) mass is 246 g/mol. The maximum Gasteiger partial charge on any atom is 0.119 e. The summed E-state index contributed by atoms with van der Waals surface area (Å²) in [6.07, 6.45) is 2.66. The third-order valence-corrected chi connectivity index (χ3v) is 2.73. The predicted octanol–water partition coefficient (Wildman–Crippen LogP) is 3.05. The predicted molar refractivity (Wildman–Crippen MR) is 73.6 cm³/mol. The van der Waals surface area contributed by atoms with Crippen LogP contribution in [0.15, 0.2) is 24.3 Å². The molecule has 0 aliphatic carbocycles. The van der Waals surface area contributed by atoms with E-state index in [9.17, 15) is 0 Å². The Labute approximate surface area is 110 Å². The zero-order valence-electron chi connectivity index (χ0n) is 11.3. The van der Waals surface area contributed by atoms with E-state index < -0.39 is 0 Å². The maximum atomic E-state index is 8.41. The first-order valence-electron chi connectivity index (χ1n) is 6.52. The van der Waals surface area contributed by atoms with Crippen molar-refractivity contribution in [2.75, 3.05) is 13.2 Å². The van der Waals surface area contributed by atoms with Gasteiger partial charge in [-0.2, -0.15) is 5.26 Å². The van der Waals surface area contributed by atoms with Crippen LogP contribution in [0.5, 0.6) is 5.75 Å². The summed E-state index contributed by atoms with van der Waals surface area (Å²) in [6, 6.07) is 10.6. The molecule has 1 rings (SSSR count). The van der Waals surface area contributed by atoms with Crippen LogP contribution in [-0.4, -0.2) is 19.2 Å². The number of aryl methyl sites for hydroxylation is 1. The van der Waals surface area contributed by atoms with Crippen LogP contribution in [0.4, 0.5) is 0 Å². The van der Waals surface area contributed by atoms with Gasteiger partial charge < -0.3 is 10.1 Å². The number of unbranched alkanes of at least 4 members (excludes halogenated alkanes) is 2. The first-order chi connectivity index (χ1) is 8.72. The minimum Gasteiger partial charge on any atom is -0.492 e. The van der Waals surface area contributed by atoms with Gasteiger partial charge in [0.15, 0.2) is 0 Å². The van der Waals surface area contributed by atoms with Crippen LogP contribution in [0.2, 0.25) is 0 Å². The molecular weight excluding hydrogens is 224 g/mol. The molecule has 3 heteroatoms. The Kier molecular flexibility index (Phi) is 6.90. The number of benzene rings is 1. The molecule has 0 amide bonds. The zero-order chi connectivity index (χ0) is 13.2. The second kappa shape index (κ2) is 8.54. The van der Waals surface area contributed by atoms with Gasteiger partial charge in [-0.3, -0.25) is 0 Å². The molecule has 0 bridgehead atoms. The van der Waals surface area contributed by atoms with Gasteiger partial charge in [0.2, 0.25) is 0 Å². The van der Waals surface area contributed by atoms with Crippen LogP contribution in [0, 0.1) is 18.3 Å². The van der Waals surface area contributed by atoms with Crippen molar-refractivity contribution in [3.63, 3.8) is 0 Å². The Morgan fingerprint density at radius 2 is 2.00 bits per heavy atom. The minimum absolute atomic E-state index is 0.327. The van der Waals surface area contributed by atoms with Crippen LogP contribution in [-0.2, 0) is 0 Å². The van der Waals surface area contributed by atoms with Gasteiger partial charge >= 0.3 is 0 Å². The molecule has 0 saturated carbocycles. The summed E-state index contributed by atoms with van der Waals surface area (Å²) >= 11 is 0. The summed E-state index contributed by atoms with van der Waals surface area (Å²) in [5.41, 5.74) is 1.24. The van der Waals surface area contributed by atoms with Crippen LogP contribution in [0.3, 0.4) is 0 Å². The van der Waals surface area contributed by atoms with Gasteiger partial charge in [0, 0.05) is 12.5 Å². The number of rotatable bonds is 8. The molecule has 0 radical (unpaired) electrons. The van der Waals surface area contributed by atoms with Crippen molar-refractivity contribution in [2.45, 2.75) is 39.2 Å². The molecule has 98 valence electrons. The van der Waals surface area contributed by atoms with E-state index in [4.69, 9.17) is 10.00 Å². The highest BCUT2D eigenvalue weighted by molar-refractivity contribution is 5.26. The normalized spacial score (nSPS) is 11.8. The van der Waals surface area contributed by atoms with Crippen LogP contribution in [0.1, 0.15) is 31.7 Å². The molecule has 0 saturated heterocycles. The minimum atomic E-state index is 0.327. The first-order valence-corrected chi connectivity index (χ1v) is 6.52. The van der Waals surface area contributed by atoms with Crippen molar-refractivity contribution < 1.29 is 4.74 Å². The molecule has 3 nitrogen and oxygen atoms in total. The number of nitrogens with one attached hydrogen (secondary N) is 1. The second-order valence-electron chi connectivity index (χ2n) is 4.59. The molecule has 1 atom stereocenters. The number of hydrogen-bond donors (Lipinski definition) is 1. The molecule has 18 heavy (non-hydrogen) atoms. The Hall–Kier alpha value is -1.53. The van der Waals surface area contributed by atoms with Crippen molar-refractivity contribution in [1.82, 2.24) is 5.32 Å². The van der Waals surface area contributed by atoms with Crippen molar-refractivity contribution in [2.24, 2.45) is 0 Å². The number of nitriles is 1. The molecule has 0 spiro atoms. The van der Waals surface area contributed by atoms with Crippen molar-refractivity contribution >= 4 is 0 Å². The maximum absolute atomic E-state index is 8.41. The Balaban J connectivity index is 2.11. The molecule has 1 aromatic carbocycles. The molecule has 0 aromatic heterocycles. The van der Waals surface area contributed by atoms with E-state index in [0.717, 1.165) is 25.1 Å². The molecular formula is C15H22N2O. The lowest BCUT2D eigenvalue weighted by molar-refractivity contribution is 0.273. The lowest BCUT2D eigenvalue weighted by Crippen LogP contribution is -2.32. The summed E-state index contributed by atoms with van der Waals surface area (Å²) in [7, 11) is 0. The fourth-order valence-electron chi connectivity index (χ4n) is 1.59. The second-order valence-corrected chi connectivity index (χ2v) is 4.59. The van der Waals surface area contributed by atoms with Crippen LogP contribution in [0.25, 0.3) is 0 Å². The van der Waals surface area contributed by atoms with E-state index in [-0.39, 0.29) is 0 Å². The molecule has 0 heterocycles. The number of nitrogens with zero attached hydrogens (tertiary/aromatic N) is 1. The topological polar surface area (TPSA) is 45.0 Å². The lowest BCUT2D eigenvalue weighted by Gasteiger charge is -2.14. The Bertz CT molecular complexity index is 367. The average molecular weight is 246 g/mol. The third-order valence-electron chi connectivity index (χ3n) is 2.73. The van der Waals surface area contributed by atoms with Crippen molar-refractivity contribution in [3.8, 4) is 11.8 Å². The van der Waals surface area contributed by atoms with Gasteiger partial charge in [0.25, 0.3) is 0 Å². The van der Waals surface area contributed by atoms with Gasteiger partial charge in [0.05, 0.1) is 6.07 Å². The van der Waals surface area contributed by atoms with Crippen LogP contribution < -0.4 is 10.1 Å². The molecule has 1 aromatic rings. The van der Waals surface area contributed by atoms with Gasteiger partial charge in [-0.15, -0.1) is 0 Å². The fourth-order valence-corrected chi connectivity index (χ4v) is 1.59. The van der Waals surface area contributed by atoms with E-state index >= 15 is 0 Å². The summed E-state index contributed by atoms with van der Waals surface area (Å²) in [5.74, 6) is 0.915. The lowest BCUT2D eigenvalue weighted by atomic mass is 10.2. The molecule has 1 unspecified atom stereocenters. The highest BCUT2D eigenvalue weighted by atomic mass is 16.5. The highest BCUT2D eigenvalue weighted by Crippen LogP contribution is 2.11. The fraction of sp³-hybridized carbons (Fsp3) is 0.533. The summed E-state index contributed by atoms with van der Waals surface area (Å²) in [4.78, 5) is 0.